The molecule has 3 N–H and O–H groups in total. The highest BCUT2D eigenvalue weighted by molar-refractivity contribution is 5.94. The molecular weight excluding hydrogens is 412 g/mol. The highest BCUT2D eigenvalue weighted by Gasteiger charge is 2.42. The van der Waals surface area contributed by atoms with E-state index in [2.05, 4.69) is 5.32 Å². The summed E-state index contributed by atoms with van der Waals surface area (Å²) in [6.07, 6.45) is 3.00. The van der Waals surface area contributed by atoms with Gasteiger partial charge >= 0.3 is 0 Å². The minimum Gasteiger partial charge on any atom is -0.497 e. The number of nitrogens with one attached hydrogen (secondary N) is 1. The Kier molecular flexibility index (Phi) is 6.92. The summed E-state index contributed by atoms with van der Waals surface area (Å²) in [6.45, 7) is 1.18. The molecule has 0 radical (unpaired) electrons. The van der Waals surface area contributed by atoms with E-state index in [-0.39, 0.29) is 38.8 Å². The van der Waals surface area contributed by atoms with Crippen molar-refractivity contribution in [3.8, 4) is 17.2 Å². The highest BCUT2D eigenvalue weighted by Crippen LogP contribution is 2.28. The molecule has 2 aromatic rings. The predicted molar refractivity (Wildman–Crippen MR) is 121 cm³/mol. The van der Waals surface area contributed by atoms with Gasteiger partial charge in [-0.05, 0) is 61.7 Å². The Hall–Kier alpha value is -3.10. The number of carbonyl (C=O) groups excluding carboxylic acids is 2. The number of ether oxygens (including phenoxy) is 4. The van der Waals surface area contributed by atoms with Crippen LogP contribution in [0.5, 0.6) is 17.2 Å². The van der Waals surface area contributed by atoms with E-state index >= 15 is 0 Å². The standard InChI is InChI=1S/C20H21NO5.C4H7NO.2H2/c1-23-14-5-7-15(8-6-14)26-16-4-2-3-13(11-16)20(22)21-17-12-25-18-9-10-24-19(17)18;5-4(6)3-1-2-3;;/h2-8,11,17-19H,9-10,12H2,1H3,(H,21,22);3H,1-2H2,(H2,5,6);2*1H/t17-,18+,19+;;;/m0.../s1. The van der Waals surface area contributed by atoms with Crippen molar-refractivity contribution < 1.29 is 31.4 Å². The molecule has 2 aromatic carbocycles. The normalized spacial score (nSPS) is 23.5. The molecule has 3 fully saturated rings. The molecule has 0 aromatic heterocycles. The van der Waals surface area contributed by atoms with E-state index in [0.717, 1.165) is 25.0 Å². The Morgan fingerprint density at radius 2 is 1.78 bits per heavy atom. The second-order valence-electron chi connectivity index (χ2n) is 8.06. The lowest BCUT2D eigenvalue weighted by atomic mass is 10.1. The van der Waals surface area contributed by atoms with Crippen LogP contribution >= 0.6 is 0 Å². The Balaban J connectivity index is 0.000000448. The third-order valence-corrected chi connectivity index (χ3v) is 5.65. The Labute approximate surface area is 189 Å². The molecule has 3 atom stereocenters. The molecule has 8 nitrogen and oxygen atoms in total. The fourth-order valence-electron chi connectivity index (χ4n) is 3.69. The van der Waals surface area contributed by atoms with Gasteiger partial charge in [0.05, 0.1) is 25.9 Å². The minimum absolute atomic E-state index is 0. The van der Waals surface area contributed by atoms with E-state index in [0.29, 0.717) is 30.3 Å². The van der Waals surface area contributed by atoms with Crippen molar-refractivity contribution in [1.82, 2.24) is 5.32 Å². The average Bonchev–Trinajstić information content (AvgIpc) is 3.45. The number of rotatable bonds is 6. The average molecular weight is 445 g/mol. The maximum atomic E-state index is 12.6. The first-order valence-corrected chi connectivity index (χ1v) is 10.8. The maximum Gasteiger partial charge on any atom is 0.251 e. The van der Waals surface area contributed by atoms with Crippen LogP contribution in [0.2, 0.25) is 0 Å². The molecule has 1 aliphatic carbocycles. The zero-order chi connectivity index (χ0) is 22.5. The summed E-state index contributed by atoms with van der Waals surface area (Å²) >= 11 is 0. The molecule has 0 bridgehead atoms. The van der Waals surface area contributed by atoms with Crippen molar-refractivity contribution >= 4 is 11.8 Å². The molecule has 2 heterocycles. The number of hydrogen-bond acceptors (Lipinski definition) is 6. The van der Waals surface area contributed by atoms with E-state index in [1.165, 1.54) is 0 Å². The van der Waals surface area contributed by atoms with E-state index in [1.807, 2.05) is 30.3 Å². The molecular formula is C24H32N2O6. The minimum atomic E-state index is -0.157. The number of primary amides is 1. The summed E-state index contributed by atoms with van der Waals surface area (Å²) in [4.78, 5) is 22.6. The largest absolute Gasteiger partial charge is 0.497 e. The molecule has 2 saturated heterocycles. The molecule has 1 saturated carbocycles. The van der Waals surface area contributed by atoms with Gasteiger partial charge in [-0.3, -0.25) is 9.59 Å². The number of carbonyl (C=O) groups is 2. The zero-order valence-electron chi connectivity index (χ0n) is 18.0. The first kappa shape index (κ1) is 22.1. The number of methoxy groups -OCH3 is 1. The van der Waals surface area contributed by atoms with Crippen molar-refractivity contribution in [2.24, 2.45) is 11.7 Å². The summed E-state index contributed by atoms with van der Waals surface area (Å²) in [5.41, 5.74) is 5.40. The van der Waals surface area contributed by atoms with Crippen LogP contribution in [-0.2, 0) is 14.3 Å². The van der Waals surface area contributed by atoms with E-state index in [1.54, 1.807) is 25.3 Å². The lowest BCUT2D eigenvalue weighted by Crippen LogP contribution is -2.43. The van der Waals surface area contributed by atoms with E-state index in [9.17, 15) is 9.59 Å². The Morgan fingerprint density at radius 1 is 1.03 bits per heavy atom. The lowest BCUT2D eigenvalue weighted by molar-refractivity contribution is -0.119. The van der Waals surface area contributed by atoms with Gasteiger partial charge in [-0.2, -0.15) is 0 Å². The van der Waals surface area contributed by atoms with Crippen LogP contribution < -0.4 is 20.5 Å². The van der Waals surface area contributed by atoms with Gasteiger partial charge in [-0.1, -0.05) is 6.07 Å². The summed E-state index contributed by atoms with van der Waals surface area (Å²) in [7, 11) is 1.62. The van der Waals surface area contributed by atoms with Crippen LogP contribution in [0.4, 0.5) is 0 Å². The molecule has 2 amide bonds. The second-order valence-corrected chi connectivity index (χ2v) is 8.06. The smallest absolute Gasteiger partial charge is 0.251 e. The highest BCUT2D eigenvalue weighted by atomic mass is 16.6. The number of hydrogen-bond donors (Lipinski definition) is 2. The molecule has 174 valence electrons. The van der Waals surface area contributed by atoms with Gasteiger partial charge in [0.1, 0.15) is 23.4 Å². The van der Waals surface area contributed by atoms with Crippen molar-refractivity contribution in [3.05, 3.63) is 54.1 Å². The van der Waals surface area contributed by atoms with Gasteiger partial charge in [-0.15, -0.1) is 0 Å². The van der Waals surface area contributed by atoms with Crippen molar-refractivity contribution in [3.63, 3.8) is 0 Å². The fraction of sp³-hybridized carbons (Fsp3) is 0.417. The third-order valence-electron chi connectivity index (χ3n) is 5.65. The van der Waals surface area contributed by atoms with Crippen LogP contribution in [-0.4, -0.2) is 50.4 Å². The number of nitrogens with two attached hydrogens (primary N) is 1. The van der Waals surface area contributed by atoms with Gasteiger partial charge in [0.25, 0.3) is 5.91 Å². The molecule has 0 unspecified atom stereocenters. The van der Waals surface area contributed by atoms with Crippen molar-refractivity contribution in [1.29, 1.82) is 0 Å². The SMILES string of the molecule is COc1ccc(Oc2cccc(C(=O)N[C@H]3CO[C@@H]4CCO[C@H]34)c2)cc1.NC(=O)C1CC1.[HH].[HH]. The third kappa shape index (κ3) is 5.57. The number of fused-ring (bicyclic) bond motifs is 1. The van der Waals surface area contributed by atoms with Gasteiger partial charge in [-0.25, -0.2) is 0 Å². The van der Waals surface area contributed by atoms with Gasteiger partial charge in [0.2, 0.25) is 5.91 Å². The predicted octanol–water partition coefficient (Wildman–Crippen LogP) is 3.15. The van der Waals surface area contributed by atoms with E-state index in [4.69, 9.17) is 24.7 Å². The number of benzene rings is 2. The summed E-state index contributed by atoms with van der Waals surface area (Å²) in [6, 6.07) is 14.3. The molecule has 2 aliphatic heterocycles. The lowest BCUT2D eigenvalue weighted by Gasteiger charge is -2.17. The molecule has 3 aliphatic rings. The maximum absolute atomic E-state index is 12.6. The molecule has 32 heavy (non-hydrogen) atoms. The van der Waals surface area contributed by atoms with Crippen LogP contribution in [0.15, 0.2) is 48.5 Å². The van der Waals surface area contributed by atoms with Gasteiger partial charge in [0.15, 0.2) is 0 Å². The van der Waals surface area contributed by atoms with Gasteiger partial charge < -0.3 is 30.0 Å². The van der Waals surface area contributed by atoms with Crippen LogP contribution in [0.1, 0.15) is 32.5 Å². The zero-order valence-corrected chi connectivity index (χ0v) is 18.0. The fourth-order valence-corrected chi connectivity index (χ4v) is 3.69. The van der Waals surface area contributed by atoms with Crippen molar-refractivity contribution in [2.75, 3.05) is 20.3 Å². The summed E-state index contributed by atoms with van der Waals surface area (Å²) in [5, 5.41) is 3.01. The molecule has 8 heteroatoms. The topological polar surface area (TPSA) is 109 Å². The van der Waals surface area contributed by atoms with Crippen molar-refractivity contribution in [2.45, 2.75) is 37.5 Å². The summed E-state index contributed by atoms with van der Waals surface area (Å²) in [5.74, 6) is 1.99. The Bertz CT molecular complexity index is 955. The van der Waals surface area contributed by atoms with Crippen LogP contribution in [0, 0.1) is 5.92 Å². The quantitative estimate of drug-likeness (QED) is 0.708. The monoisotopic (exact) mass is 444 g/mol. The van der Waals surface area contributed by atoms with Crippen LogP contribution in [0.25, 0.3) is 0 Å². The first-order valence-electron chi connectivity index (χ1n) is 10.8. The second kappa shape index (κ2) is 10.0. The molecule has 5 rings (SSSR count). The van der Waals surface area contributed by atoms with E-state index < -0.39 is 0 Å². The van der Waals surface area contributed by atoms with Gasteiger partial charge in [0, 0.05) is 20.9 Å². The first-order chi connectivity index (χ1) is 15.5. The Morgan fingerprint density at radius 3 is 2.44 bits per heavy atom. The van der Waals surface area contributed by atoms with Crippen LogP contribution in [0.3, 0.4) is 0 Å². The summed E-state index contributed by atoms with van der Waals surface area (Å²) < 4.78 is 22.3. The number of amides is 2. The molecule has 0 spiro atoms.